The van der Waals surface area contributed by atoms with E-state index in [4.69, 9.17) is 4.74 Å². The molecule has 1 aliphatic rings. The summed E-state index contributed by atoms with van der Waals surface area (Å²) in [6.45, 7) is 8.06. The van der Waals surface area contributed by atoms with E-state index in [9.17, 15) is 4.79 Å². The predicted octanol–water partition coefficient (Wildman–Crippen LogP) is 1.48. The lowest BCUT2D eigenvalue weighted by molar-refractivity contribution is -0.122. The minimum Gasteiger partial charge on any atom is -0.379 e. The third-order valence-corrected chi connectivity index (χ3v) is 4.52. The van der Waals surface area contributed by atoms with Gasteiger partial charge in [0.05, 0.1) is 25.5 Å². The van der Waals surface area contributed by atoms with E-state index in [1.807, 2.05) is 32.0 Å². The van der Waals surface area contributed by atoms with Gasteiger partial charge in [-0.3, -0.25) is 9.69 Å². The summed E-state index contributed by atoms with van der Waals surface area (Å²) in [6, 6.07) is 5.63. The summed E-state index contributed by atoms with van der Waals surface area (Å²) in [4.78, 5) is 18.8. The summed E-state index contributed by atoms with van der Waals surface area (Å²) in [5.74, 6) is 0.834. The topological polar surface area (TPSA) is 72.3 Å². The molecular formula is C18H25N5O2. The highest BCUT2D eigenvalue weighted by Gasteiger charge is 2.17. The van der Waals surface area contributed by atoms with Crippen molar-refractivity contribution in [3.05, 3.63) is 41.9 Å². The second kappa shape index (κ2) is 8.22. The van der Waals surface area contributed by atoms with E-state index in [-0.39, 0.29) is 11.9 Å². The minimum absolute atomic E-state index is 0.0592. The van der Waals surface area contributed by atoms with Gasteiger partial charge in [0.2, 0.25) is 5.91 Å². The van der Waals surface area contributed by atoms with Crippen LogP contribution < -0.4 is 5.32 Å². The monoisotopic (exact) mass is 343 g/mol. The number of morpholine rings is 1. The number of ether oxygens (including phenoxy) is 1. The molecule has 7 heteroatoms. The number of carbonyl (C=O) groups is 1. The van der Waals surface area contributed by atoms with Gasteiger partial charge in [-0.15, -0.1) is 0 Å². The van der Waals surface area contributed by atoms with Gasteiger partial charge in [0, 0.05) is 43.5 Å². The second-order valence-corrected chi connectivity index (χ2v) is 6.28. The van der Waals surface area contributed by atoms with Crippen molar-refractivity contribution < 1.29 is 9.53 Å². The zero-order chi connectivity index (χ0) is 17.6. The number of carbonyl (C=O) groups excluding carboxylic acids is 1. The normalized spacial score (nSPS) is 16.6. The molecule has 3 heterocycles. The van der Waals surface area contributed by atoms with Gasteiger partial charge in [0.1, 0.15) is 0 Å². The van der Waals surface area contributed by atoms with Crippen LogP contribution in [0.1, 0.15) is 30.6 Å². The summed E-state index contributed by atoms with van der Waals surface area (Å²) in [6.07, 6.45) is 4.04. The highest BCUT2D eigenvalue weighted by molar-refractivity contribution is 5.76. The summed E-state index contributed by atoms with van der Waals surface area (Å²) in [5, 5.41) is 7.49. The molecule has 25 heavy (non-hydrogen) atoms. The fraction of sp³-hybridized carbons (Fsp3) is 0.500. The van der Waals surface area contributed by atoms with Crippen LogP contribution in [0.2, 0.25) is 0 Å². The van der Waals surface area contributed by atoms with Crippen molar-refractivity contribution in [1.82, 2.24) is 25.0 Å². The van der Waals surface area contributed by atoms with Crippen LogP contribution in [0.3, 0.4) is 0 Å². The Balaban J connectivity index is 1.57. The largest absolute Gasteiger partial charge is 0.379 e. The van der Waals surface area contributed by atoms with Crippen molar-refractivity contribution >= 4 is 5.91 Å². The Hall–Kier alpha value is -2.25. The number of hydrogen-bond donors (Lipinski definition) is 1. The smallest absolute Gasteiger partial charge is 0.221 e. The molecule has 1 aliphatic heterocycles. The lowest BCUT2D eigenvalue weighted by atomic mass is 10.1. The van der Waals surface area contributed by atoms with Gasteiger partial charge in [-0.1, -0.05) is 6.07 Å². The molecule has 1 amide bonds. The molecule has 1 saturated heterocycles. The van der Waals surface area contributed by atoms with E-state index >= 15 is 0 Å². The van der Waals surface area contributed by atoms with Gasteiger partial charge in [0.25, 0.3) is 0 Å². The fourth-order valence-electron chi connectivity index (χ4n) is 3.03. The van der Waals surface area contributed by atoms with Crippen molar-refractivity contribution in [1.29, 1.82) is 0 Å². The molecule has 0 bridgehead atoms. The predicted molar refractivity (Wildman–Crippen MR) is 94.5 cm³/mol. The van der Waals surface area contributed by atoms with Crippen LogP contribution in [-0.4, -0.2) is 58.4 Å². The van der Waals surface area contributed by atoms with Gasteiger partial charge in [-0.2, -0.15) is 5.10 Å². The van der Waals surface area contributed by atoms with Crippen LogP contribution in [-0.2, 0) is 9.53 Å². The first kappa shape index (κ1) is 17.6. The van der Waals surface area contributed by atoms with E-state index < -0.39 is 0 Å². The summed E-state index contributed by atoms with van der Waals surface area (Å²) < 4.78 is 7.12. The molecule has 0 spiro atoms. The maximum atomic E-state index is 12.2. The number of nitrogens with one attached hydrogen (secondary N) is 1. The molecule has 0 aliphatic carbocycles. The molecule has 3 rings (SSSR count). The molecule has 2 aromatic rings. The van der Waals surface area contributed by atoms with E-state index in [2.05, 4.69) is 20.3 Å². The molecule has 1 N–H and O–H groups in total. The standard InChI is InChI=1S/C18H25N5O2/c1-14(21-18(24)6-8-22-9-11-25-12-10-22)16-13-20-23(15(16)2)17-5-3-4-7-19-17/h3-5,7,13-14H,6,8-12H2,1-2H3,(H,21,24). The van der Waals surface area contributed by atoms with Crippen LogP contribution in [0.4, 0.5) is 0 Å². The summed E-state index contributed by atoms with van der Waals surface area (Å²) >= 11 is 0. The highest BCUT2D eigenvalue weighted by atomic mass is 16.5. The summed E-state index contributed by atoms with van der Waals surface area (Å²) in [5.41, 5.74) is 1.99. The van der Waals surface area contributed by atoms with E-state index in [1.165, 1.54) is 0 Å². The molecular weight excluding hydrogens is 318 g/mol. The molecule has 0 radical (unpaired) electrons. The van der Waals surface area contributed by atoms with Crippen LogP contribution in [0, 0.1) is 6.92 Å². The van der Waals surface area contributed by atoms with Crippen molar-refractivity contribution in [2.75, 3.05) is 32.8 Å². The number of pyridine rings is 1. The van der Waals surface area contributed by atoms with Gasteiger partial charge < -0.3 is 10.1 Å². The van der Waals surface area contributed by atoms with E-state index in [0.717, 1.165) is 49.9 Å². The molecule has 1 unspecified atom stereocenters. The first-order valence-electron chi connectivity index (χ1n) is 8.70. The number of hydrogen-bond acceptors (Lipinski definition) is 5. The van der Waals surface area contributed by atoms with Gasteiger partial charge in [-0.25, -0.2) is 9.67 Å². The molecule has 1 atom stereocenters. The Bertz CT molecular complexity index is 695. The van der Waals surface area contributed by atoms with Gasteiger partial charge in [-0.05, 0) is 26.0 Å². The number of amides is 1. The Morgan fingerprint density at radius 2 is 2.16 bits per heavy atom. The van der Waals surface area contributed by atoms with Crippen molar-refractivity contribution in [2.45, 2.75) is 26.3 Å². The Kier molecular flexibility index (Phi) is 5.78. The number of aromatic nitrogens is 3. The van der Waals surface area contributed by atoms with Crippen LogP contribution in [0.15, 0.2) is 30.6 Å². The Labute approximate surface area is 148 Å². The highest BCUT2D eigenvalue weighted by Crippen LogP contribution is 2.19. The van der Waals surface area contributed by atoms with Crippen LogP contribution in [0.5, 0.6) is 0 Å². The second-order valence-electron chi connectivity index (χ2n) is 6.28. The third-order valence-electron chi connectivity index (χ3n) is 4.52. The lowest BCUT2D eigenvalue weighted by Crippen LogP contribution is -2.39. The van der Waals surface area contributed by atoms with Crippen LogP contribution in [0.25, 0.3) is 5.82 Å². The zero-order valence-electron chi connectivity index (χ0n) is 14.8. The van der Waals surface area contributed by atoms with Crippen molar-refractivity contribution in [2.24, 2.45) is 0 Å². The Morgan fingerprint density at radius 1 is 1.36 bits per heavy atom. The quantitative estimate of drug-likeness (QED) is 0.860. The third kappa shape index (κ3) is 4.43. The van der Waals surface area contributed by atoms with Gasteiger partial charge >= 0.3 is 0 Å². The molecule has 0 saturated carbocycles. The lowest BCUT2D eigenvalue weighted by Gasteiger charge is -2.26. The summed E-state index contributed by atoms with van der Waals surface area (Å²) in [7, 11) is 0. The fourth-order valence-corrected chi connectivity index (χ4v) is 3.03. The molecule has 7 nitrogen and oxygen atoms in total. The molecule has 1 fully saturated rings. The van der Waals surface area contributed by atoms with Crippen molar-refractivity contribution in [3.8, 4) is 5.82 Å². The number of nitrogens with zero attached hydrogens (tertiary/aromatic N) is 4. The van der Waals surface area contributed by atoms with Crippen molar-refractivity contribution in [3.63, 3.8) is 0 Å². The van der Waals surface area contributed by atoms with Gasteiger partial charge in [0.15, 0.2) is 5.82 Å². The first-order chi connectivity index (χ1) is 12.1. The Morgan fingerprint density at radius 3 is 2.88 bits per heavy atom. The molecule has 2 aromatic heterocycles. The zero-order valence-corrected chi connectivity index (χ0v) is 14.8. The average molecular weight is 343 g/mol. The number of rotatable bonds is 6. The molecule has 0 aromatic carbocycles. The van der Waals surface area contributed by atoms with E-state index in [1.54, 1.807) is 17.1 Å². The first-order valence-corrected chi connectivity index (χ1v) is 8.70. The maximum absolute atomic E-state index is 12.2. The van der Waals surface area contributed by atoms with Crippen LogP contribution >= 0.6 is 0 Å². The SMILES string of the molecule is Cc1c(C(C)NC(=O)CCN2CCOCC2)cnn1-c1ccccn1. The maximum Gasteiger partial charge on any atom is 0.221 e. The minimum atomic E-state index is -0.0883. The van der Waals surface area contributed by atoms with E-state index in [0.29, 0.717) is 6.42 Å². The average Bonchev–Trinajstić information content (AvgIpc) is 3.03. The molecule has 134 valence electrons.